The Labute approximate surface area is 108 Å². The zero-order chi connectivity index (χ0) is 13.2. The molecule has 0 saturated carbocycles. The van der Waals surface area contributed by atoms with E-state index in [0.29, 0.717) is 12.2 Å². The number of hydrogen-bond donors (Lipinski definition) is 1. The molecule has 0 radical (unpaired) electrons. The number of anilines is 2. The summed E-state index contributed by atoms with van der Waals surface area (Å²) in [5.74, 6) is -0.00224. The summed E-state index contributed by atoms with van der Waals surface area (Å²) in [5.41, 5.74) is 8.09. The number of sulfonamides is 1. The van der Waals surface area contributed by atoms with Crippen LogP contribution in [-0.2, 0) is 21.2 Å². The van der Waals surface area contributed by atoms with E-state index in [1.165, 1.54) is 11.4 Å². The van der Waals surface area contributed by atoms with Gasteiger partial charge in [0, 0.05) is 19.3 Å². The van der Waals surface area contributed by atoms with E-state index in [1.54, 1.807) is 6.07 Å². The lowest BCUT2D eigenvalue weighted by atomic mass is 10.0. The fourth-order valence-electron chi connectivity index (χ4n) is 2.15. The van der Waals surface area contributed by atoms with Crippen LogP contribution in [0.25, 0.3) is 0 Å². The summed E-state index contributed by atoms with van der Waals surface area (Å²) in [4.78, 5) is 0. The molecule has 2 N–H and O–H groups in total. The number of hydrogen-bond acceptors (Lipinski definition) is 4. The highest BCUT2D eigenvalue weighted by Gasteiger charge is 2.27. The molecule has 0 fully saturated rings. The highest BCUT2D eigenvalue weighted by Crippen LogP contribution is 2.31. The van der Waals surface area contributed by atoms with E-state index < -0.39 is 10.0 Å². The number of aryl methyl sites for hydroxylation is 1. The second kappa shape index (κ2) is 5.16. The largest absolute Gasteiger partial charge is 0.399 e. The third-order valence-corrected chi connectivity index (χ3v) is 4.80. The molecular formula is C12H18N2O3S. The van der Waals surface area contributed by atoms with Gasteiger partial charge in [-0.15, -0.1) is 0 Å². The van der Waals surface area contributed by atoms with Crippen molar-refractivity contribution in [1.82, 2.24) is 0 Å². The summed E-state index contributed by atoms with van der Waals surface area (Å²) >= 11 is 0. The quantitative estimate of drug-likeness (QED) is 0.828. The summed E-state index contributed by atoms with van der Waals surface area (Å²) in [7, 11) is -1.83. The van der Waals surface area contributed by atoms with E-state index >= 15 is 0 Å². The van der Waals surface area contributed by atoms with Crippen molar-refractivity contribution in [2.75, 3.05) is 36.1 Å². The van der Waals surface area contributed by atoms with Crippen LogP contribution < -0.4 is 10.0 Å². The molecule has 0 atom stereocenters. The minimum Gasteiger partial charge on any atom is -0.399 e. The van der Waals surface area contributed by atoms with Gasteiger partial charge in [-0.05, 0) is 30.5 Å². The van der Waals surface area contributed by atoms with Gasteiger partial charge in [0.05, 0.1) is 18.0 Å². The van der Waals surface area contributed by atoms with Gasteiger partial charge in [0.15, 0.2) is 0 Å². The van der Waals surface area contributed by atoms with E-state index in [4.69, 9.17) is 10.5 Å². The van der Waals surface area contributed by atoms with Crippen LogP contribution in [0.1, 0.15) is 12.0 Å². The van der Waals surface area contributed by atoms with Crippen molar-refractivity contribution in [1.29, 1.82) is 0 Å². The number of fused-ring (bicyclic) bond motifs is 1. The van der Waals surface area contributed by atoms with E-state index in [0.717, 1.165) is 24.1 Å². The molecule has 6 heteroatoms. The van der Waals surface area contributed by atoms with Gasteiger partial charge in [-0.3, -0.25) is 4.31 Å². The minimum atomic E-state index is -3.32. The second-order valence-electron chi connectivity index (χ2n) is 4.37. The Hall–Kier alpha value is -1.27. The molecule has 2 rings (SSSR count). The number of benzene rings is 1. The van der Waals surface area contributed by atoms with Gasteiger partial charge >= 0.3 is 0 Å². The van der Waals surface area contributed by atoms with Crippen LogP contribution in [0, 0.1) is 0 Å². The average Bonchev–Trinajstić information content (AvgIpc) is 2.35. The molecule has 1 aromatic carbocycles. The van der Waals surface area contributed by atoms with E-state index in [9.17, 15) is 8.42 Å². The first-order valence-corrected chi connectivity index (χ1v) is 7.53. The molecular weight excluding hydrogens is 252 g/mol. The molecule has 18 heavy (non-hydrogen) atoms. The fraction of sp³-hybridized carbons (Fsp3) is 0.500. The zero-order valence-electron chi connectivity index (χ0n) is 10.4. The Kier molecular flexibility index (Phi) is 3.77. The molecule has 0 saturated heterocycles. The van der Waals surface area contributed by atoms with Crippen molar-refractivity contribution in [2.45, 2.75) is 12.8 Å². The first-order valence-electron chi connectivity index (χ1n) is 5.92. The lowest BCUT2D eigenvalue weighted by molar-refractivity contribution is 0.217. The van der Waals surface area contributed by atoms with Gasteiger partial charge in [-0.25, -0.2) is 8.42 Å². The first-order chi connectivity index (χ1) is 8.54. The first kappa shape index (κ1) is 13.2. The van der Waals surface area contributed by atoms with E-state index in [-0.39, 0.29) is 12.4 Å². The predicted octanol–water partition coefficient (Wildman–Crippen LogP) is 0.998. The van der Waals surface area contributed by atoms with Gasteiger partial charge < -0.3 is 10.5 Å². The third-order valence-electron chi connectivity index (χ3n) is 3.07. The highest BCUT2D eigenvalue weighted by atomic mass is 32.2. The lowest BCUT2D eigenvalue weighted by Gasteiger charge is -2.30. The van der Waals surface area contributed by atoms with Gasteiger partial charge in [-0.2, -0.15) is 0 Å². The Morgan fingerprint density at radius 1 is 1.44 bits per heavy atom. The lowest BCUT2D eigenvalue weighted by Crippen LogP contribution is -2.38. The maximum atomic E-state index is 12.2. The van der Waals surface area contributed by atoms with Crippen LogP contribution in [0.3, 0.4) is 0 Å². The second-order valence-corrected chi connectivity index (χ2v) is 6.39. The number of methoxy groups -OCH3 is 1. The molecule has 0 unspecified atom stereocenters. The van der Waals surface area contributed by atoms with Crippen molar-refractivity contribution in [3.05, 3.63) is 23.8 Å². The molecule has 0 aromatic heterocycles. The van der Waals surface area contributed by atoms with E-state index in [2.05, 4.69) is 0 Å². The molecule has 0 bridgehead atoms. The SMILES string of the molecule is COCCS(=O)(=O)N1CCCc2ccc(N)cc21. The fourth-order valence-corrected chi connectivity index (χ4v) is 3.62. The third kappa shape index (κ3) is 2.59. The van der Waals surface area contributed by atoms with E-state index in [1.807, 2.05) is 12.1 Å². The number of nitrogen functional groups attached to an aromatic ring is 1. The number of ether oxygens (including phenoxy) is 1. The summed E-state index contributed by atoms with van der Waals surface area (Å²) < 4.78 is 30.8. The molecule has 100 valence electrons. The average molecular weight is 270 g/mol. The molecule has 1 aliphatic rings. The summed E-state index contributed by atoms with van der Waals surface area (Å²) in [5, 5.41) is 0. The maximum absolute atomic E-state index is 12.2. The van der Waals surface area contributed by atoms with Crippen molar-refractivity contribution in [3.63, 3.8) is 0 Å². The summed E-state index contributed by atoms with van der Waals surface area (Å²) in [6.45, 7) is 0.721. The van der Waals surface area contributed by atoms with Crippen LogP contribution in [0.15, 0.2) is 18.2 Å². The van der Waals surface area contributed by atoms with Crippen molar-refractivity contribution in [2.24, 2.45) is 0 Å². The topological polar surface area (TPSA) is 72.6 Å². The van der Waals surface area contributed by atoms with Crippen LogP contribution in [0.4, 0.5) is 11.4 Å². The van der Waals surface area contributed by atoms with Gasteiger partial charge in [-0.1, -0.05) is 6.07 Å². The highest BCUT2D eigenvalue weighted by molar-refractivity contribution is 7.92. The predicted molar refractivity (Wildman–Crippen MR) is 72.2 cm³/mol. The van der Waals surface area contributed by atoms with Crippen LogP contribution in [-0.4, -0.2) is 34.4 Å². The standard InChI is InChI=1S/C12H18N2O3S/c1-17-7-8-18(15,16)14-6-2-3-10-4-5-11(13)9-12(10)14/h4-5,9H,2-3,6-8,13H2,1H3. The molecule has 5 nitrogen and oxygen atoms in total. The van der Waals surface area contributed by atoms with Crippen molar-refractivity contribution < 1.29 is 13.2 Å². The summed E-state index contributed by atoms with van der Waals surface area (Å²) in [6.07, 6.45) is 1.73. The number of nitrogens with two attached hydrogens (primary N) is 1. The Morgan fingerprint density at radius 3 is 2.94 bits per heavy atom. The molecule has 1 aromatic rings. The maximum Gasteiger partial charge on any atom is 0.237 e. The minimum absolute atomic E-state index is 0.00224. The van der Waals surface area contributed by atoms with Crippen LogP contribution in [0.2, 0.25) is 0 Å². The smallest absolute Gasteiger partial charge is 0.237 e. The Balaban J connectivity index is 2.35. The van der Waals surface area contributed by atoms with Crippen LogP contribution in [0.5, 0.6) is 0 Å². The number of nitrogens with zero attached hydrogens (tertiary/aromatic N) is 1. The molecule has 0 spiro atoms. The summed E-state index contributed by atoms with van der Waals surface area (Å²) in [6, 6.07) is 5.45. The Morgan fingerprint density at radius 2 is 2.22 bits per heavy atom. The molecule has 1 heterocycles. The molecule has 1 aliphatic heterocycles. The number of rotatable bonds is 4. The van der Waals surface area contributed by atoms with Crippen molar-refractivity contribution >= 4 is 21.4 Å². The zero-order valence-corrected chi connectivity index (χ0v) is 11.2. The Bertz CT molecular complexity index is 528. The van der Waals surface area contributed by atoms with Gasteiger partial charge in [0.25, 0.3) is 0 Å². The molecule has 0 amide bonds. The monoisotopic (exact) mass is 270 g/mol. The van der Waals surface area contributed by atoms with Gasteiger partial charge in [0.2, 0.25) is 10.0 Å². The van der Waals surface area contributed by atoms with Crippen LogP contribution >= 0.6 is 0 Å². The normalized spacial score (nSPS) is 15.5. The van der Waals surface area contributed by atoms with Gasteiger partial charge in [0.1, 0.15) is 0 Å². The van der Waals surface area contributed by atoms with Crippen molar-refractivity contribution in [3.8, 4) is 0 Å². The molecule has 0 aliphatic carbocycles.